The maximum absolute atomic E-state index is 13.9. The fourth-order valence-electron chi connectivity index (χ4n) is 2.04. The quantitative estimate of drug-likeness (QED) is 0.911. The number of aliphatic hydroxyl groups is 1. The number of benzene rings is 2. The zero-order valence-corrected chi connectivity index (χ0v) is 11.7. The molecule has 1 atom stereocenters. The zero-order valence-electron chi connectivity index (χ0n) is 11.7. The van der Waals surface area contributed by atoms with Gasteiger partial charge in [-0.25, -0.2) is 4.39 Å². The molecule has 1 N–H and O–H groups in total. The molecule has 0 spiro atoms. The van der Waals surface area contributed by atoms with Crippen LogP contribution in [0.15, 0.2) is 42.5 Å². The van der Waals surface area contributed by atoms with Gasteiger partial charge in [-0.3, -0.25) is 0 Å². The molecule has 0 aliphatic rings. The summed E-state index contributed by atoms with van der Waals surface area (Å²) in [6, 6.07) is 13.6. The summed E-state index contributed by atoms with van der Waals surface area (Å²) in [5.74, 6) is -0.0397. The lowest BCUT2D eigenvalue weighted by molar-refractivity contribution is 0.166. The van der Waals surface area contributed by atoms with Gasteiger partial charge < -0.3 is 9.84 Å². The highest BCUT2D eigenvalue weighted by molar-refractivity contribution is 5.37. The molecule has 0 radical (unpaired) electrons. The first kappa shape index (κ1) is 15.0. The van der Waals surface area contributed by atoms with E-state index in [2.05, 4.69) is 0 Å². The van der Waals surface area contributed by atoms with Gasteiger partial charge in [-0.05, 0) is 18.6 Å². The summed E-state index contributed by atoms with van der Waals surface area (Å²) in [5.41, 5.74) is 0.990. The largest absolute Gasteiger partial charge is 0.488 e. The van der Waals surface area contributed by atoms with Gasteiger partial charge in [0.1, 0.15) is 24.2 Å². The van der Waals surface area contributed by atoms with Gasteiger partial charge in [-0.1, -0.05) is 37.3 Å². The van der Waals surface area contributed by atoms with Crippen molar-refractivity contribution in [1.29, 1.82) is 5.26 Å². The molecule has 21 heavy (non-hydrogen) atoms. The molecule has 0 aliphatic carbocycles. The Bertz CT molecular complexity index is 664. The second kappa shape index (κ2) is 6.87. The van der Waals surface area contributed by atoms with Crippen molar-refractivity contribution in [3.8, 4) is 11.8 Å². The van der Waals surface area contributed by atoms with Crippen LogP contribution < -0.4 is 4.74 Å². The van der Waals surface area contributed by atoms with Crippen LogP contribution in [-0.2, 0) is 6.61 Å². The maximum atomic E-state index is 13.9. The van der Waals surface area contributed by atoms with E-state index in [0.29, 0.717) is 23.3 Å². The van der Waals surface area contributed by atoms with Crippen molar-refractivity contribution in [2.45, 2.75) is 26.1 Å². The number of para-hydroxylation sites is 1. The van der Waals surface area contributed by atoms with Crippen LogP contribution in [-0.4, -0.2) is 5.11 Å². The number of rotatable bonds is 5. The average molecular weight is 285 g/mol. The maximum Gasteiger partial charge on any atom is 0.147 e. The van der Waals surface area contributed by atoms with Crippen molar-refractivity contribution in [2.24, 2.45) is 0 Å². The number of hydrogen-bond acceptors (Lipinski definition) is 3. The van der Waals surface area contributed by atoms with Gasteiger partial charge in [-0.15, -0.1) is 0 Å². The van der Waals surface area contributed by atoms with Crippen molar-refractivity contribution in [3.05, 3.63) is 65.0 Å². The summed E-state index contributed by atoms with van der Waals surface area (Å²) in [5, 5.41) is 18.8. The Morgan fingerprint density at radius 3 is 2.71 bits per heavy atom. The molecule has 0 saturated heterocycles. The highest BCUT2D eigenvalue weighted by Gasteiger charge is 2.13. The Morgan fingerprint density at radius 1 is 1.24 bits per heavy atom. The van der Waals surface area contributed by atoms with E-state index in [9.17, 15) is 9.50 Å². The van der Waals surface area contributed by atoms with Crippen molar-refractivity contribution < 1.29 is 14.2 Å². The van der Waals surface area contributed by atoms with E-state index in [0.717, 1.165) is 0 Å². The fraction of sp³-hybridized carbons (Fsp3) is 0.235. The van der Waals surface area contributed by atoms with E-state index in [1.54, 1.807) is 36.4 Å². The summed E-state index contributed by atoms with van der Waals surface area (Å²) in [6.45, 7) is 1.88. The second-order valence-corrected chi connectivity index (χ2v) is 4.64. The number of nitrogens with zero attached hydrogens (tertiary/aromatic N) is 1. The molecule has 0 heterocycles. The molecule has 2 rings (SSSR count). The summed E-state index contributed by atoms with van der Waals surface area (Å²) in [7, 11) is 0. The van der Waals surface area contributed by atoms with E-state index in [1.165, 1.54) is 6.07 Å². The molecule has 0 aliphatic heterocycles. The van der Waals surface area contributed by atoms with Gasteiger partial charge in [-0.2, -0.15) is 5.26 Å². The molecule has 0 saturated carbocycles. The van der Waals surface area contributed by atoms with Crippen molar-refractivity contribution in [1.82, 2.24) is 0 Å². The molecule has 1 unspecified atom stereocenters. The van der Waals surface area contributed by atoms with E-state index in [-0.39, 0.29) is 12.2 Å². The molecular weight excluding hydrogens is 269 g/mol. The normalized spacial score (nSPS) is 11.7. The molecule has 3 nitrogen and oxygen atoms in total. The summed E-state index contributed by atoms with van der Waals surface area (Å²) in [4.78, 5) is 0. The Kier molecular flexibility index (Phi) is 4.91. The van der Waals surface area contributed by atoms with Crippen molar-refractivity contribution in [3.63, 3.8) is 0 Å². The molecule has 0 bridgehead atoms. The van der Waals surface area contributed by atoms with E-state index in [4.69, 9.17) is 10.00 Å². The average Bonchev–Trinajstić information content (AvgIpc) is 2.53. The predicted molar refractivity (Wildman–Crippen MR) is 77.1 cm³/mol. The molecule has 2 aromatic rings. The Morgan fingerprint density at radius 2 is 2.00 bits per heavy atom. The molecule has 0 aromatic heterocycles. The van der Waals surface area contributed by atoms with Gasteiger partial charge >= 0.3 is 0 Å². The summed E-state index contributed by atoms with van der Waals surface area (Å²) < 4.78 is 19.6. The van der Waals surface area contributed by atoms with Crippen LogP contribution in [0.1, 0.15) is 36.1 Å². The highest BCUT2D eigenvalue weighted by Crippen LogP contribution is 2.27. The first-order chi connectivity index (χ1) is 10.2. The number of aliphatic hydroxyl groups excluding tert-OH is 1. The third-order valence-corrected chi connectivity index (χ3v) is 3.25. The minimum atomic E-state index is -0.614. The summed E-state index contributed by atoms with van der Waals surface area (Å²) in [6.07, 6.45) is -0.0463. The van der Waals surface area contributed by atoms with Crippen LogP contribution in [0, 0.1) is 17.1 Å². The van der Waals surface area contributed by atoms with Gasteiger partial charge in [0.15, 0.2) is 0 Å². The van der Waals surface area contributed by atoms with E-state index < -0.39 is 11.9 Å². The highest BCUT2D eigenvalue weighted by atomic mass is 19.1. The SMILES string of the molecule is CCC(O)c1ccccc1OCc1cccc(C#N)c1F. The van der Waals surface area contributed by atoms with Crippen LogP contribution in [0.5, 0.6) is 5.75 Å². The third kappa shape index (κ3) is 3.39. The van der Waals surface area contributed by atoms with Crippen molar-refractivity contribution in [2.75, 3.05) is 0 Å². The van der Waals surface area contributed by atoms with Gasteiger partial charge in [0.05, 0.1) is 11.7 Å². The smallest absolute Gasteiger partial charge is 0.147 e. The number of halogens is 1. The number of nitriles is 1. The van der Waals surface area contributed by atoms with Crippen LogP contribution in [0.3, 0.4) is 0 Å². The van der Waals surface area contributed by atoms with E-state index in [1.807, 2.05) is 13.0 Å². The summed E-state index contributed by atoms with van der Waals surface area (Å²) >= 11 is 0. The van der Waals surface area contributed by atoms with Crippen LogP contribution >= 0.6 is 0 Å². The van der Waals surface area contributed by atoms with Gasteiger partial charge in [0.25, 0.3) is 0 Å². The van der Waals surface area contributed by atoms with Crippen LogP contribution in [0.4, 0.5) is 4.39 Å². The monoisotopic (exact) mass is 285 g/mol. The van der Waals surface area contributed by atoms with Gasteiger partial charge in [0.2, 0.25) is 0 Å². The lowest BCUT2D eigenvalue weighted by atomic mass is 10.1. The lowest BCUT2D eigenvalue weighted by Crippen LogP contribution is -2.04. The lowest BCUT2D eigenvalue weighted by Gasteiger charge is -2.15. The predicted octanol–water partition coefficient (Wildman–Crippen LogP) is 3.72. The topological polar surface area (TPSA) is 53.2 Å². The van der Waals surface area contributed by atoms with Crippen LogP contribution in [0.2, 0.25) is 0 Å². The Hall–Kier alpha value is -2.38. The molecule has 4 heteroatoms. The zero-order chi connectivity index (χ0) is 15.2. The first-order valence-corrected chi connectivity index (χ1v) is 6.74. The fourth-order valence-corrected chi connectivity index (χ4v) is 2.04. The molecule has 0 fully saturated rings. The number of hydrogen-bond donors (Lipinski definition) is 1. The Balaban J connectivity index is 2.20. The number of ether oxygens (including phenoxy) is 1. The molecule has 0 amide bonds. The van der Waals surface area contributed by atoms with Crippen LogP contribution in [0.25, 0.3) is 0 Å². The minimum absolute atomic E-state index is 0.00187. The molecule has 2 aromatic carbocycles. The molecular formula is C17H16FNO2. The third-order valence-electron chi connectivity index (χ3n) is 3.25. The Labute approximate surface area is 123 Å². The standard InChI is InChI=1S/C17H16FNO2/c1-2-15(20)14-8-3-4-9-16(14)21-11-13-7-5-6-12(10-19)17(13)18/h3-9,15,20H,2,11H2,1H3. The van der Waals surface area contributed by atoms with Crippen molar-refractivity contribution >= 4 is 0 Å². The second-order valence-electron chi connectivity index (χ2n) is 4.64. The van der Waals surface area contributed by atoms with E-state index >= 15 is 0 Å². The minimum Gasteiger partial charge on any atom is -0.488 e. The molecule has 108 valence electrons. The first-order valence-electron chi connectivity index (χ1n) is 6.74. The van der Waals surface area contributed by atoms with Gasteiger partial charge in [0, 0.05) is 11.1 Å².